The molecule has 2 aromatic rings. The number of aromatic nitrogens is 2. The second-order valence-electron chi connectivity index (χ2n) is 4.80. The number of H-pyrrole nitrogens is 2. The van der Waals surface area contributed by atoms with Gasteiger partial charge in [0.15, 0.2) is 11.5 Å². The van der Waals surface area contributed by atoms with Crippen LogP contribution in [0.15, 0.2) is 27.8 Å². The highest BCUT2D eigenvalue weighted by Gasteiger charge is 2.15. The Morgan fingerprint density at radius 3 is 2.77 bits per heavy atom. The zero-order valence-electron chi connectivity index (χ0n) is 11.7. The van der Waals surface area contributed by atoms with Crippen LogP contribution in [0.3, 0.4) is 0 Å². The molecule has 1 aromatic heterocycles. The Morgan fingerprint density at radius 2 is 2.00 bits per heavy atom. The van der Waals surface area contributed by atoms with Crippen LogP contribution >= 0.6 is 0 Å². The van der Waals surface area contributed by atoms with Gasteiger partial charge in [-0.25, -0.2) is 4.79 Å². The maximum Gasteiger partial charge on any atom is 0.325 e. The molecule has 0 bridgehead atoms. The molecule has 3 N–H and O–H groups in total. The molecule has 0 aliphatic carbocycles. The van der Waals surface area contributed by atoms with E-state index in [1.54, 1.807) is 25.1 Å². The number of fused-ring (bicyclic) bond motifs is 1. The van der Waals surface area contributed by atoms with Crippen molar-refractivity contribution in [1.82, 2.24) is 9.97 Å². The third-order valence-corrected chi connectivity index (χ3v) is 3.25. The Morgan fingerprint density at radius 1 is 1.23 bits per heavy atom. The second-order valence-corrected chi connectivity index (χ2v) is 4.80. The summed E-state index contributed by atoms with van der Waals surface area (Å²) in [5.41, 5.74) is -0.0373. The molecule has 22 heavy (non-hydrogen) atoms. The van der Waals surface area contributed by atoms with Gasteiger partial charge in [0.05, 0.1) is 6.42 Å². The molecule has 1 amide bonds. The van der Waals surface area contributed by atoms with Gasteiger partial charge in [-0.1, -0.05) is 0 Å². The lowest BCUT2D eigenvalue weighted by Gasteiger charge is -2.07. The Bertz CT molecular complexity index is 852. The number of rotatable bonds is 3. The van der Waals surface area contributed by atoms with E-state index in [0.717, 1.165) is 0 Å². The summed E-state index contributed by atoms with van der Waals surface area (Å²) in [5.74, 6) is 0.793. The standard InChI is InChI=1S/C14H13N3O5/c1-7-9(13(19)17-14(20)15-7)5-12(18)16-8-2-3-10-11(4-8)22-6-21-10/h2-4H,5-6H2,1H3,(H,16,18)(H2,15,17,19,20). The van der Waals surface area contributed by atoms with E-state index in [1.165, 1.54) is 0 Å². The minimum absolute atomic E-state index is 0.146. The fourth-order valence-electron chi connectivity index (χ4n) is 2.18. The highest BCUT2D eigenvalue weighted by atomic mass is 16.7. The predicted molar refractivity (Wildman–Crippen MR) is 77.3 cm³/mol. The summed E-state index contributed by atoms with van der Waals surface area (Å²) in [4.78, 5) is 39.4. The molecule has 3 rings (SSSR count). The maximum atomic E-state index is 12.0. The van der Waals surface area contributed by atoms with Gasteiger partial charge >= 0.3 is 5.69 Å². The number of nitrogens with one attached hydrogen (secondary N) is 3. The first-order valence-electron chi connectivity index (χ1n) is 6.54. The van der Waals surface area contributed by atoms with Crippen molar-refractivity contribution in [1.29, 1.82) is 0 Å². The summed E-state index contributed by atoms with van der Waals surface area (Å²) < 4.78 is 10.4. The number of benzene rings is 1. The number of aromatic amines is 2. The number of carbonyl (C=O) groups is 1. The smallest absolute Gasteiger partial charge is 0.325 e. The van der Waals surface area contributed by atoms with Crippen LogP contribution < -0.4 is 26.0 Å². The lowest BCUT2D eigenvalue weighted by molar-refractivity contribution is -0.115. The first-order chi connectivity index (χ1) is 10.5. The summed E-state index contributed by atoms with van der Waals surface area (Å²) in [7, 11) is 0. The Kier molecular flexibility index (Phi) is 3.42. The molecule has 1 aromatic carbocycles. The zero-order valence-corrected chi connectivity index (χ0v) is 11.7. The van der Waals surface area contributed by atoms with Gasteiger partial charge in [-0.2, -0.15) is 0 Å². The lowest BCUT2D eigenvalue weighted by Crippen LogP contribution is -2.29. The topological polar surface area (TPSA) is 113 Å². The van der Waals surface area contributed by atoms with Gasteiger partial charge in [0.1, 0.15) is 0 Å². The maximum absolute atomic E-state index is 12.0. The zero-order chi connectivity index (χ0) is 15.7. The SMILES string of the molecule is Cc1[nH]c(=O)[nH]c(=O)c1CC(=O)Nc1ccc2c(c1)OCO2. The number of hydrogen-bond acceptors (Lipinski definition) is 5. The molecular formula is C14H13N3O5. The van der Waals surface area contributed by atoms with E-state index in [9.17, 15) is 14.4 Å². The summed E-state index contributed by atoms with van der Waals surface area (Å²) in [6, 6.07) is 5.01. The molecule has 1 aliphatic heterocycles. The number of hydrogen-bond donors (Lipinski definition) is 3. The van der Waals surface area contributed by atoms with Crippen LogP contribution in [0.4, 0.5) is 5.69 Å². The molecule has 0 spiro atoms. The molecule has 0 fully saturated rings. The largest absolute Gasteiger partial charge is 0.454 e. The quantitative estimate of drug-likeness (QED) is 0.754. The van der Waals surface area contributed by atoms with Crippen LogP contribution in [0.1, 0.15) is 11.3 Å². The minimum Gasteiger partial charge on any atom is -0.454 e. The van der Waals surface area contributed by atoms with Crippen molar-refractivity contribution in [3.8, 4) is 11.5 Å². The van der Waals surface area contributed by atoms with Gasteiger partial charge in [0.2, 0.25) is 12.7 Å². The van der Waals surface area contributed by atoms with Crippen LogP contribution in [0.5, 0.6) is 11.5 Å². The summed E-state index contributed by atoms with van der Waals surface area (Å²) in [5, 5.41) is 2.67. The summed E-state index contributed by atoms with van der Waals surface area (Å²) in [6.07, 6.45) is -0.146. The molecule has 114 valence electrons. The molecule has 0 saturated carbocycles. The Balaban J connectivity index is 1.76. The van der Waals surface area contributed by atoms with Gasteiger partial charge in [-0.15, -0.1) is 0 Å². The second kappa shape index (κ2) is 5.40. The number of amides is 1. The van der Waals surface area contributed by atoms with Crippen molar-refractivity contribution in [2.45, 2.75) is 13.3 Å². The van der Waals surface area contributed by atoms with Crippen LogP contribution in [-0.2, 0) is 11.2 Å². The molecule has 8 nitrogen and oxygen atoms in total. The van der Waals surface area contributed by atoms with E-state index in [1.807, 2.05) is 0 Å². The van der Waals surface area contributed by atoms with E-state index in [-0.39, 0.29) is 24.7 Å². The van der Waals surface area contributed by atoms with Crippen LogP contribution in [0.2, 0.25) is 0 Å². The lowest BCUT2D eigenvalue weighted by atomic mass is 10.1. The van der Waals surface area contributed by atoms with Crippen molar-refractivity contribution in [3.63, 3.8) is 0 Å². The van der Waals surface area contributed by atoms with Gasteiger partial charge in [0, 0.05) is 23.0 Å². The molecule has 0 atom stereocenters. The normalized spacial score (nSPS) is 12.2. The average molecular weight is 303 g/mol. The van der Waals surface area contributed by atoms with Crippen LogP contribution in [-0.4, -0.2) is 22.7 Å². The number of ether oxygens (including phenoxy) is 2. The number of aryl methyl sites for hydroxylation is 1. The van der Waals surface area contributed by atoms with Crippen molar-refractivity contribution in [2.24, 2.45) is 0 Å². The van der Waals surface area contributed by atoms with Gasteiger partial charge in [-0.3, -0.25) is 14.6 Å². The van der Waals surface area contributed by atoms with E-state index in [2.05, 4.69) is 15.3 Å². The van der Waals surface area contributed by atoms with Crippen molar-refractivity contribution < 1.29 is 14.3 Å². The third-order valence-electron chi connectivity index (χ3n) is 3.25. The van der Waals surface area contributed by atoms with Crippen molar-refractivity contribution >= 4 is 11.6 Å². The molecule has 0 unspecified atom stereocenters. The highest BCUT2D eigenvalue weighted by Crippen LogP contribution is 2.34. The summed E-state index contributed by atoms with van der Waals surface area (Å²) >= 11 is 0. The van der Waals surface area contributed by atoms with Gasteiger partial charge in [0.25, 0.3) is 5.56 Å². The monoisotopic (exact) mass is 303 g/mol. The molecule has 2 heterocycles. The number of carbonyl (C=O) groups excluding carboxylic acids is 1. The third kappa shape index (κ3) is 2.71. The fourth-order valence-corrected chi connectivity index (χ4v) is 2.18. The minimum atomic E-state index is -0.595. The predicted octanol–water partition coefficient (Wildman–Crippen LogP) is 0.282. The Hall–Kier alpha value is -3.03. The summed E-state index contributed by atoms with van der Waals surface area (Å²) in [6.45, 7) is 1.72. The van der Waals surface area contributed by atoms with Crippen LogP contribution in [0, 0.1) is 6.92 Å². The highest BCUT2D eigenvalue weighted by molar-refractivity contribution is 5.92. The average Bonchev–Trinajstić information content (AvgIpc) is 2.90. The van der Waals surface area contributed by atoms with Gasteiger partial charge in [-0.05, 0) is 19.1 Å². The van der Waals surface area contributed by atoms with E-state index >= 15 is 0 Å². The van der Waals surface area contributed by atoms with Gasteiger partial charge < -0.3 is 19.8 Å². The molecule has 8 heteroatoms. The first-order valence-corrected chi connectivity index (χ1v) is 6.54. The van der Waals surface area contributed by atoms with Crippen molar-refractivity contribution in [3.05, 3.63) is 50.3 Å². The van der Waals surface area contributed by atoms with Crippen molar-refractivity contribution in [2.75, 3.05) is 12.1 Å². The molecule has 0 radical (unpaired) electrons. The van der Waals surface area contributed by atoms with E-state index in [4.69, 9.17) is 9.47 Å². The Labute approximate surface area is 124 Å². The van der Waals surface area contributed by atoms with E-state index in [0.29, 0.717) is 22.9 Å². The molecule has 0 saturated heterocycles. The fraction of sp³-hybridized carbons (Fsp3) is 0.214. The molecular weight excluding hydrogens is 290 g/mol. The van der Waals surface area contributed by atoms with Crippen LogP contribution in [0.25, 0.3) is 0 Å². The number of anilines is 1. The molecule has 1 aliphatic rings. The first kappa shape index (κ1) is 13.9. The van der Waals surface area contributed by atoms with E-state index < -0.39 is 11.2 Å².